The Balaban J connectivity index is 3.52. The molecule has 3 atom stereocenters. The molecule has 5 heteroatoms. The van der Waals surface area contributed by atoms with Gasteiger partial charge in [0.15, 0.2) is 0 Å². The van der Waals surface area contributed by atoms with Gasteiger partial charge in [0, 0.05) is 6.42 Å². The number of aliphatic hydroxyl groups is 3. The molecule has 0 aliphatic rings. The zero-order valence-corrected chi connectivity index (χ0v) is 38.0. The smallest absolute Gasteiger partial charge is 0.220 e. The molecular weight excluding hydrogens is 691 g/mol. The van der Waals surface area contributed by atoms with E-state index < -0.39 is 18.2 Å². The summed E-state index contributed by atoms with van der Waals surface area (Å²) in [5.74, 6) is -0.148. The molecule has 334 valence electrons. The highest BCUT2D eigenvalue weighted by Gasteiger charge is 2.26. The van der Waals surface area contributed by atoms with E-state index in [-0.39, 0.29) is 12.5 Å². The second kappa shape index (κ2) is 46.8. The maximum absolute atomic E-state index is 12.5. The Labute approximate surface area is 350 Å². The van der Waals surface area contributed by atoms with Crippen molar-refractivity contribution in [2.45, 2.75) is 302 Å². The van der Waals surface area contributed by atoms with Crippen molar-refractivity contribution in [1.82, 2.24) is 5.32 Å². The zero-order chi connectivity index (χ0) is 40.8. The summed E-state index contributed by atoms with van der Waals surface area (Å²) in [6.45, 7) is 4.19. The van der Waals surface area contributed by atoms with Gasteiger partial charge in [0.05, 0.1) is 18.8 Å². The number of carbonyl (C=O) groups excluding carboxylic acids is 1. The molecule has 0 saturated carbocycles. The average molecular weight is 792 g/mol. The summed E-state index contributed by atoms with van der Waals surface area (Å²) in [6, 6.07) is -0.821. The first-order valence-electron chi connectivity index (χ1n) is 25.5. The van der Waals surface area contributed by atoms with Crippen LogP contribution in [0.15, 0.2) is 12.2 Å². The van der Waals surface area contributed by atoms with Crippen LogP contribution in [0.1, 0.15) is 284 Å². The number of carbonyl (C=O) groups is 1. The molecule has 0 saturated heterocycles. The van der Waals surface area contributed by atoms with Gasteiger partial charge >= 0.3 is 0 Å². The lowest BCUT2D eigenvalue weighted by atomic mass is 10.0. The van der Waals surface area contributed by atoms with Crippen molar-refractivity contribution >= 4 is 5.91 Å². The molecule has 0 aliphatic heterocycles. The van der Waals surface area contributed by atoms with Crippen molar-refractivity contribution in [3.05, 3.63) is 12.2 Å². The third-order valence-corrected chi connectivity index (χ3v) is 12.1. The Hall–Kier alpha value is -0.910. The molecule has 0 rings (SSSR count). The van der Waals surface area contributed by atoms with Crippen LogP contribution < -0.4 is 5.32 Å². The number of unbranched alkanes of at least 4 members (excludes halogenated alkanes) is 37. The minimum Gasteiger partial charge on any atom is -0.394 e. The number of rotatable bonds is 47. The molecular formula is C51H101NO4. The highest BCUT2D eigenvalue weighted by molar-refractivity contribution is 5.76. The van der Waals surface area contributed by atoms with Crippen molar-refractivity contribution in [2.24, 2.45) is 0 Å². The van der Waals surface area contributed by atoms with Crippen LogP contribution >= 0.6 is 0 Å². The van der Waals surface area contributed by atoms with Crippen molar-refractivity contribution < 1.29 is 20.1 Å². The van der Waals surface area contributed by atoms with Crippen LogP contribution in [-0.4, -0.2) is 46.1 Å². The fourth-order valence-corrected chi connectivity index (χ4v) is 8.17. The van der Waals surface area contributed by atoms with Crippen molar-refractivity contribution in [1.29, 1.82) is 0 Å². The summed E-state index contributed by atoms with van der Waals surface area (Å²) in [4.78, 5) is 12.5. The van der Waals surface area contributed by atoms with E-state index in [1.165, 1.54) is 218 Å². The molecule has 0 bridgehead atoms. The molecule has 0 radical (unpaired) electrons. The van der Waals surface area contributed by atoms with Gasteiger partial charge in [0.1, 0.15) is 6.10 Å². The lowest BCUT2D eigenvalue weighted by Crippen LogP contribution is -2.50. The molecule has 0 aromatic rings. The molecule has 5 nitrogen and oxygen atoms in total. The van der Waals surface area contributed by atoms with E-state index in [9.17, 15) is 20.1 Å². The molecule has 0 spiro atoms. The Morgan fingerprint density at radius 2 is 0.714 bits per heavy atom. The van der Waals surface area contributed by atoms with E-state index in [0.717, 1.165) is 38.5 Å². The number of nitrogens with one attached hydrogen (secondary N) is 1. The van der Waals surface area contributed by atoms with Gasteiger partial charge in [-0.1, -0.05) is 251 Å². The Bertz CT molecular complexity index is 788. The first-order chi connectivity index (χ1) is 27.6. The van der Waals surface area contributed by atoms with Gasteiger partial charge < -0.3 is 20.6 Å². The van der Waals surface area contributed by atoms with E-state index >= 15 is 0 Å². The molecule has 4 N–H and O–H groups in total. The maximum Gasteiger partial charge on any atom is 0.220 e. The fraction of sp³-hybridized carbons (Fsp3) is 0.941. The van der Waals surface area contributed by atoms with Crippen LogP contribution in [0.5, 0.6) is 0 Å². The highest BCUT2D eigenvalue weighted by Crippen LogP contribution is 2.17. The fourth-order valence-electron chi connectivity index (χ4n) is 8.17. The standard InChI is InChI=1S/C51H101NO4/c1-3-5-7-9-11-13-15-17-19-20-21-22-23-24-25-26-27-28-29-30-32-34-36-38-40-42-44-46-50(55)52-48(47-53)51(56)49(54)45-43-41-39-37-35-33-31-18-16-14-12-10-8-6-4-2/h37,39,48-49,51,53-54,56H,3-36,38,40-47H2,1-2H3,(H,52,55)/b39-37+. The van der Waals surface area contributed by atoms with Crippen molar-refractivity contribution in [3.63, 3.8) is 0 Å². The van der Waals surface area contributed by atoms with Gasteiger partial charge in [-0.25, -0.2) is 0 Å². The van der Waals surface area contributed by atoms with Crippen LogP contribution in [0, 0.1) is 0 Å². The van der Waals surface area contributed by atoms with Crippen LogP contribution in [-0.2, 0) is 4.79 Å². The number of allylic oxidation sites excluding steroid dienone is 2. The number of amides is 1. The minimum absolute atomic E-state index is 0.148. The molecule has 56 heavy (non-hydrogen) atoms. The first kappa shape index (κ1) is 55.1. The van der Waals surface area contributed by atoms with E-state index in [2.05, 4.69) is 31.3 Å². The summed E-state index contributed by atoms with van der Waals surface area (Å²) in [5, 5.41) is 33.6. The van der Waals surface area contributed by atoms with Gasteiger partial charge in [-0.15, -0.1) is 0 Å². The summed E-state index contributed by atoms with van der Waals surface area (Å²) in [6.07, 6.45) is 56.4. The van der Waals surface area contributed by atoms with Gasteiger partial charge in [-0.2, -0.15) is 0 Å². The Morgan fingerprint density at radius 3 is 1.04 bits per heavy atom. The second-order valence-electron chi connectivity index (χ2n) is 17.7. The summed E-state index contributed by atoms with van der Waals surface area (Å²) >= 11 is 0. The van der Waals surface area contributed by atoms with E-state index in [4.69, 9.17) is 0 Å². The predicted molar refractivity (Wildman–Crippen MR) is 245 cm³/mol. The van der Waals surface area contributed by atoms with Gasteiger partial charge in [-0.05, 0) is 38.5 Å². The van der Waals surface area contributed by atoms with Crippen LogP contribution in [0.3, 0.4) is 0 Å². The predicted octanol–water partition coefficient (Wildman–Crippen LogP) is 15.2. The molecule has 0 aromatic heterocycles. The van der Waals surface area contributed by atoms with Crippen LogP contribution in [0.2, 0.25) is 0 Å². The average Bonchev–Trinajstić information content (AvgIpc) is 3.20. The van der Waals surface area contributed by atoms with Gasteiger partial charge in [0.2, 0.25) is 5.91 Å². The second-order valence-corrected chi connectivity index (χ2v) is 17.7. The Morgan fingerprint density at radius 1 is 0.429 bits per heavy atom. The lowest BCUT2D eigenvalue weighted by Gasteiger charge is -2.26. The monoisotopic (exact) mass is 792 g/mol. The quantitative estimate of drug-likeness (QED) is 0.0365. The van der Waals surface area contributed by atoms with Crippen LogP contribution in [0.4, 0.5) is 0 Å². The molecule has 1 amide bonds. The van der Waals surface area contributed by atoms with Gasteiger partial charge in [0.25, 0.3) is 0 Å². The largest absolute Gasteiger partial charge is 0.394 e. The molecule has 0 heterocycles. The molecule has 0 aromatic carbocycles. The van der Waals surface area contributed by atoms with Crippen LogP contribution in [0.25, 0.3) is 0 Å². The van der Waals surface area contributed by atoms with Crippen molar-refractivity contribution in [2.75, 3.05) is 6.61 Å². The topological polar surface area (TPSA) is 89.8 Å². The molecule has 0 fully saturated rings. The third-order valence-electron chi connectivity index (χ3n) is 12.1. The maximum atomic E-state index is 12.5. The molecule has 3 unspecified atom stereocenters. The lowest BCUT2D eigenvalue weighted by molar-refractivity contribution is -0.124. The van der Waals surface area contributed by atoms with E-state index in [0.29, 0.717) is 12.8 Å². The number of aliphatic hydroxyl groups excluding tert-OH is 3. The summed E-state index contributed by atoms with van der Waals surface area (Å²) in [5.41, 5.74) is 0. The Kier molecular flexibility index (Phi) is 46.0. The number of hydrogen-bond donors (Lipinski definition) is 4. The van der Waals surface area contributed by atoms with E-state index in [1.54, 1.807) is 0 Å². The minimum atomic E-state index is -1.15. The summed E-state index contributed by atoms with van der Waals surface area (Å²) in [7, 11) is 0. The first-order valence-corrected chi connectivity index (χ1v) is 25.5. The highest BCUT2D eigenvalue weighted by atomic mass is 16.3. The normalized spacial score (nSPS) is 13.4. The zero-order valence-electron chi connectivity index (χ0n) is 38.0. The molecule has 0 aliphatic carbocycles. The van der Waals surface area contributed by atoms with Crippen molar-refractivity contribution in [3.8, 4) is 0 Å². The summed E-state index contributed by atoms with van der Waals surface area (Å²) < 4.78 is 0. The van der Waals surface area contributed by atoms with Gasteiger partial charge in [-0.3, -0.25) is 4.79 Å². The van der Waals surface area contributed by atoms with E-state index in [1.807, 2.05) is 0 Å². The third kappa shape index (κ3) is 41.3. The number of hydrogen-bond acceptors (Lipinski definition) is 4. The SMILES string of the molecule is CCCCCCCCCCCC/C=C/CCCC(O)C(O)C(CO)NC(=O)CCCCCCCCCCCCCCCCCCCCCCCCCCCCC.